The molecule has 0 fully saturated rings. The van der Waals surface area contributed by atoms with Gasteiger partial charge in [0.25, 0.3) is 5.91 Å². The Morgan fingerprint density at radius 3 is 2.42 bits per heavy atom. The van der Waals surface area contributed by atoms with E-state index >= 15 is 0 Å². The summed E-state index contributed by atoms with van der Waals surface area (Å²) in [6, 6.07) is 5.16. The standard InChI is InChI=1S/C14H20ClNO3/c1-4-8-16(9-7-15)14(17)11-5-6-12(18-2)13(10-11)19-3/h5-6,10H,4,7-9H2,1-3H3. The zero-order valence-corrected chi connectivity index (χ0v) is 12.4. The number of hydrogen-bond acceptors (Lipinski definition) is 3. The Bertz CT molecular complexity index is 417. The zero-order valence-electron chi connectivity index (χ0n) is 11.6. The second kappa shape index (κ2) is 7.89. The summed E-state index contributed by atoms with van der Waals surface area (Å²) < 4.78 is 10.4. The van der Waals surface area contributed by atoms with Crippen LogP contribution in [0.2, 0.25) is 0 Å². The molecule has 0 aliphatic carbocycles. The summed E-state index contributed by atoms with van der Waals surface area (Å²) in [6.07, 6.45) is 0.899. The van der Waals surface area contributed by atoms with Gasteiger partial charge in [0, 0.05) is 24.5 Å². The highest BCUT2D eigenvalue weighted by Gasteiger charge is 2.16. The van der Waals surface area contributed by atoms with E-state index in [-0.39, 0.29) is 5.91 Å². The molecule has 0 saturated heterocycles. The molecule has 0 aromatic heterocycles. The third-order valence-corrected chi connectivity index (χ3v) is 2.93. The van der Waals surface area contributed by atoms with Crippen LogP contribution in [0.1, 0.15) is 23.7 Å². The van der Waals surface area contributed by atoms with E-state index in [0.29, 0.717) is 36.0 Å². The summed E-state index contributed by atoms with van der Waals surface area (Å²) in [5.41, 5.74) is 0.580. The average Bonchev–Trinajstić information content (AvgIpc) is 2.45. The Balaban J connectivity index is 2.97. The van der Waals surface area contributed by atoms with Crippen LogP contribution >= 0.6 is 11.6 Å². The Hall–Kier alpha value is -1.42. The smallest absolute Gasteiger partial charge is 0.254 e. The van der Waals surface area contributed by atoms with Crippen LogP contribution in [-0.2, 0) is 0 Å². The summed E-state index contributed by atoms with van der Waals surface area (Å²) in [6.45, 7) is 3.27. The minimum absolute atomic E-state index is 0.0385. The summed E-state index contributed by atoms with van der Waals surface area (Å²) in [5.74, 6) is 1.55. The Morgan fingerprint density at radius 1 is 1.21 bits per heavy atom. The highest BCUT2D eigenvalue weighted by molar-refractivity contribution is 6.18. The molecule has 0 atom stereocenters. The molecule has 1 amide bonds. The molecule has 1 aromatic carbocycles. The number of nitrogens with zero attached hydrogens (tertiary/aromatic N) is 1. The van der Waals surface area contributed by atoms with Crippen LogP contribution in [-0.4, -0.2) is 44.0 Å². The topological polar surface area (TPSA) is 38.8 Å². The molecule has 0 unspecified atom stereocenters. The van der Waals surface area contributed by atoms with Crippen molar-refractivity contribution in [3.63, 3.8) is 0 Å². The van der Waals surface area contributed by atoms with Crippen LogP contribution in [0, 0.1) is 0 Å². The maximum Gasteiger partial charge on any atom is 0.254 e. The number of amides is 1. The molecule has 0 saturated carbocycles. The third kappa shape index (κ3) is 4.03. The van der Waals surface area contributed by atoms with Crippen molar-refractivity contribution in [3.8, 4) is 11.5 Å². The highest BCUT2D eigenvalue weighted by Crippen LogP contribution is 2.28. The molecule has 0 aliphatic rings. The van der Waals surface area contributed by atoms with Gasteiger partial charge in [-0.25, -0.2) is 0 Å². The lowest BCUT2D eigenvalue weighted by atomic mass is 10.1. The van der Waals surface area contributed by atoms with Crippen LogP contribution in [0.15, 0.2) is 18.2 Å². The summed E-state index contributed by atoms with van der Waals surface area (Å²) in [7, 11) is 3.12. The first kappa shape index (κ1) is 15.6. The Labute approximate surface area is 119 Å². The monoisotopic (exact) mass is 285 g/mol. The lowest BCUT2D eigenvalue weighted by Crippen LogP contribution is -2.33. The third-order valence-electron chi connectivity index (χ3n) is 2.77. The molecule has 4 nitrogen and oxygen atoms in total. The number of alkyl halides is 1. The van der Waals surface area contributed by atoms with Gasteiger partial charge in [-0.15, -0.1) is 11.6 Å². The molecule has 0 N–H and O–H groups in total. The molecule has 0 radical (unpaired) electrons. The first-order valence-corrected chi connectivity index (χ1v) is 6.78. The van der Waals surface area contributed by atoms with Gasteiger partial charge < -0.3 is 14.4 Å². The van der Waals surface area contributed by atoms with Gasteiger partial charge in [0.05, 0.1) is 14.2 Å². The minimum atomic E-state index is -0.0385. The quantitative estimate of drug-likeness (QED) is 0.723. The number of rotatable bonds is 7. The Morgan fingerprint density at radius 2 is 1.89 bits per heavy atom. The fraction of sp³-hybridized carbons (Fsp3) is 0.500. The lowest BCUT2D eigenvalue weighted by molar-refractivity contribution is 0.0765. The van der Waals surface area contributed by atoms with Crippen molar-refractivity contribution in [3.05, 3.63) is 23.8 Å². The molecule has 1 rings (SSSR count). The van der Waals surface area contributed by atoms with Gasteiger partial charge in [0.15, 0.2) is 11.5 Å². The second-order valence-electron chi connectivity index (χ2n) is 4.05. The predicted octanol–water partition coefficient (Wildman–Crippen LogP) is 2.79. The summed E-state index contributed by atoms with van der Waals surface area (Å²) in [4.78, 5) is 14.1. The van der Waals surface area contributed by atoms with Crippen molar-refractivity contribution >= 4 is 17.5 Å². The normalized spacial score (nSPS) is 10.1. The van der Waals surface area contributed by atoms with Gasteiger partial charge in [-0.3, -0.25) is 4.79 Å². The first-order chi connectivity index (χ1) is 9.17. The largest absolute Gasteiger partial charge is 0.493 e. The van der Waals surface area contributed by atoms with Crippen molar-refractivity contribution in [1.29, 1.82) is 0 Å². The van der Waals surface area contributed by atoms with E-state index in [0.717, 1.165) is 6.42 Å². The van der Waals surface area contributed by atoms with Crippen molar-refractivity contribution < 1.29 is 14.3 Å². The molecule has 0 aliphatic heterocycles. The highest BCUT2D eigenvalue weighted by atomic mass is 35.5. The molecule has 19 heavy (non-hydrogen) atoms. The van der Waals surface area contributed by atoms with Crippen LogP contribution in [0.4, 0.5) is 0 Å². The van der Waals surface area contributed by atoms with Gasteiger partial charge >= 0.3 is 0 Å². The number of methoxy groups -OCH3 is 2. The SMILES string of the molecule is CCCN(CCCl)C(=O)c1ccc(OC)c(OC)c1. The van der Waals surface area contributed by atoms with E-state index in [4.69, 9.17) is 21.1 Å². The number of benzene rings is 1. The fourth-order valence-corrected chi connectivity index (χ4v) is 2.04. The maximum absolute atomic E-state index is 12.4. The minimum Gasteiger partial charge on any atom is -0.493 e. The average molecular weight is 286 g/mol. The van der Waals surface area contributed by atoms with Crippen LogP contribution in [0.3, 0.4) is 0 Å². The van der Waals surface area contributed by atoms with E-state index in [2.05, 4.69) is 0 Å². The van der Waals surface area contributed by atoms with E-state index < -0.39 is 0 Å². The first-order valence-electron chi connectivity index (χ1n) is 6.25. The predicted molar refractivity (Wildman–Crippen MR) is 76.5 cm³/mol. The van der Waals surface area contributed by atoms with E-state index in [1.807, 2.05) is 6.92 Å². The molecule has 0 heterocycles. The van der Waals surface area contributed by atoms with Crippen LogP contribution < -0.4 is 9.47 Å². The van der Waals surface area contributed by atoms with Gasteiger partial charge in [0.2, 0.25) is 0 Å². The molecular weight excluding hydrogens is 266 g/mol. The van der Waals surface area contributed by atoms with E-state index in [1.165, 1.54) is 0 Å². The van der Waals surface area contributed by atoms with Crippen molar-refractivity contribution in [2.75, 3.05) is 33.2 Å². The molecule has 1 aromatic rings. The summed E-state index contributed by atoms with van der Waals surface area (Å²) in [5, 5.41) is 0. The van der Waals surface area contributed by atoms with Gasteiger partial charge in [-0.1, -0.05) is 6.92 Å². The zero-order chi connectivity index (χ0) is 14.3. The second-order valence-corrected chi connectivity index (χ2v) is 4.43. The number of ether oxygens (including phenoxy) is 2. The van der Waals surface area contributed by atoms with E-state index in [9.17, 15) is 4.79 Å². The number of halogens is 1. The van der Waals surface area contributed by atoms with Crippen LogP contribution in [0.25, 0.3) is 0 Å². The van der Waals surface area contributed by atoms with Crippen molar-refractivity contribution in [1.82, 2.24) is 4.90 Å². The molecular formula is C14H20ClNO3. The number of carbonyl (C=O) groups excluding carboxylic acids is 1. The molecule has 106 valence electrons. The molecule has 0 spiro atoms. The van der Waals surface area contributed by atoms with E-state index in [1.54, 1.807) is 37.3 Å². The van der Waals surface area contributed by atoms with Crippen LogP contribution in [0.5, 0.6) is 11.5 Å². The van der Waals surface area contributed by atoms with Gasteiger partial charge in [-0.2, -0.15) is 0 Å². The summed E-state index contributed by atoms with van der Waals surface area (Å²) >= 11 is 5.73. The lowest BCUT2D eigenvalue weighted by Gasteiger charge is -2.21. The number of carbonyl (C=O) groups is 1. The number of hydrogen-bond donors (Lipinski definition) is 0. The molecule has 0 bridgehead atoms. The molecule has 5 heteroatoms. The van der Waals surface area contributed by atoms with Gasteiger partial charge in [-0.05, 0) is 24.6 Å². The van der Waals surface area contributed by atoms with Gasteiger partial charge in [0.1, 0.15) is 0 Å². The maximum atomic E-state index is 12.4. The van der Waals surface area contributed by atoms with Crippen molar-refractivity contribution in [2.45, 2.75) is 13.3 Å². The van der Waals surface area contributed by atoms with Crippen molar-refractivity contribution in [2.24, 2.45) is 0 Å². The Kier molecular flexibility index (Phi) is 6.50. The fourth-order valence-electron chi connectivity index (χ4n) is 1.84.